The van der Waals surface area contributed by atoms with Gasteiger partial charge in [0.1, 0.15) is 12.4 Å². The molecule has 1 atom stereocenters. The third kappa shape index (κ3) is 4.32. The molecule has 3 heteroatoms. The molecule has 2 nitrogen and oxygen atoms in total. The monoisotopic (exact) mass is 303 g/mol. The lowest BCUT2D eigenvalue weighted by Crippen LogP contribution is -2.18. The van der Waals surface area contributed by atoms with Gasteiger partial charge in [-0.15, -0.1) is 11.3 Å². The topological polar surface area (TPSA) is 21.3 Å². The summed E-state index contributed by atoms with van der Waals surface area (Å²) in [5.74, 6) is 0.987. The van der Waals surface area contributed by atoms with Crippen molar-refractivity contribution >= 4 is 11.3 Å². The molecule has 0 aliphatic carbocycles. The summed E-state index contributed by atoms with van der Waals surface area (Å²) in [6.07, 6.45) is 1.10. The summed E-state index contributed by atoms with van der Waals surface area (Å²) in [4.78, 5) is 2.70. The number of nitrogens with one attached hydrogen (secondary N) is 1. The molecule has 1 heterocycles. The molecule has 0 saturated carbocycles. The third-order valence-corrected chi connectivity index (χ3v) is 4.78. The molecule has 0 spiro atoms. The van der Waals surface area contributed by atoms with Crippen molar-refractivity contribution in [2.45, 2.75) is 46.8 Å². The maximum Gasteiger partial charge on any atom is 0.124 e. The number of benzene rings is 1. The lowest BCUT2D eigenvalue weighted by Gasteiger charge is -2.18. The summed E-state index contributed by atoms with van der Waals surface area (Å²) in [6.45, 7) is 10.2. The van der Waals surface area contributed by atoms with Gasteiger partial charge in [-0.25, -0.2) is 0 Å². The first-order valence-electron chi connectivity index (χ1n) is 7.68. The number of thiophene rings is 1. The maximum absolute atomic E-state index is 6.07. The van der Waals surface area contributed by atoms with Crippen molar-refractivity contribution in [1.29, 1.82) is 0 Å². The van der Waals surface area contributed by atoms with Crippen LogP contribution in [0.4, 0.5) is 0 Å². The van der Waals surface area contributed by atoms with Crippen LogP contribution in [0.15, 0.2) is 30.3 Å². The van der Waals surface area contributed by atoms with E-state index in [9.17, 15) is 0 Å². The molecule has 2 aromatic rings. The highest BCUT2D eigenvalue weighted by Gasteiger charge is 2.11. The van der Waals surface area contributed by atoms with Crippen LogP contribution in [0, 0.1) is 6.92 Å². The number of hydrogen-bond donors (Lipinski definition) is 1. The van der Waals surface area contributed by atoms with Gasteiger partial charge in [-0.3, -0.25) is 0 Å². The number of hydrogen-bond acceptors (Lipinski definition) is 3. The van der Waals surface area contributed by atoms with Crippen molar-refractivity contribution in [3.8, 4) is 5.75 Å². The molecule has 1 N–H and O–H groups in total. The Morgan fingerprint density at radius 2 is 1.90 bits per heavy atom. The summed E-state index contributed by atoms with van der Waals surface area (Å²) in [5.41, 5.74) is 2.51. The normalized spacial score (nSPS) is 12.4. The predicted molar refractivity (Wildman–Crippen MR) is 91.3 cm³/mol. The van der Waals surface area contributed by atoms with Gasteiger partial charge in [-0.1, -0.05) is 31.5 Å². The second kappa shape index (κ2) is 7.62. The van der Waals surface area contributed by atoms with Crippen molar-refractivity contribution in [1.82, 2.24) is 5.32 Å². The van der Waals surface area contributed by atoms with E-state index >= 15 is 0 Å². The first-order chi connectivity index (χ1) is 10.1. The molecule has 0 aliphatic rings. The Morgan fingerprint density at radius 3 is 2.57 bits per heavy atom. The molecule has 114 valence electrons. The summed E-state index contributed by atoms with van der Waals surface area (Å²) < 4.78 is 6.07. The van der Waals surface area contributed by atoms with Crippen LogP contribution in [-0.4, -0.2) is 6.54 Å². The summed E-state index contributed by atoms with van der Waals surface area (Å²) in [6, 6.07) is 11.1. The quantitative estimate of drug-likeness (QED) is 0.788. The molecular weight excluding hydrogens is 278 g/mol. The number of aryl methyl sites for hydroxylation is 2. The zero-order valence-electron chi connectivity index (χ0n) is 13.4. The van der Waals surface area contributed by atoms with Crippen LogP contribution in [0.3, 0.4) is 0 Å². The van der Waals surface area contributed by atoms with Crippen molar-refractivity contribution < 1.29 is 4.74 Å². The van der Waals surface area contributed by atoms with Crippen molar-refractivity contribution in [3.05, 3.63) is 51.2 Å². The van der Waals surface area contributed by atoms with Crippen LogP contribution in [0.25, 0.3) is 0 Å². The molecule has 0 amide bonds. The fourth-order valence-corrected chi connectivity index (χ4v) is 3.26. The molecular formula is C18H25NOS. The molecule has 1 unspecified atom stereocenters. The minimum absolute atomic E-state index is 0.305. The summed E-state index contributed by atoms with van der Waals surface area (Å²) in [7, 11) is 0. The van der Waals surface area contributed by atoms with Gasteiger partial charge in [-0.05, 0) is 45.0 Å². The maximum atomic E-state index is 6.07. The van der Waals surface area contributed by atoms with Crippen LogP contribution < -0.4 is 10.1 Å². The van der Waals surface area contributed by atoms with E-state index < -0.39 is 0 Å². The van der Waals surface area contributed by atoms with Gasteiger partial charge < -0.3 is 10.1 Å². The number of ether oxygens (including phenoxy) is 1. The lowest BCUT2D eigenvalue weighted by molar-refractivity contribution is 0.303. The Bertz CT molecular complexity index is 576. The molecule has 0 fully saturated rings. The van der Waals surface area contributed by atoms with Gasteiger partial charge in [-0.2, -0.15) is 0 Å². The Morgan fingerprint density at radius 1 is 1.14 bits per heavy atom. The van der Waals surface area contributed by atoms with Crippen LogP contribution in [0.1, 0.15) is 47.7 Å². The molecule has 0 aliphatic heterocycles. The van der Waals surface area contributed by atoms with Gasteiger partial charge >= 0.3 is 0 Å². The van der Waals surface area contributed by atoms with Crippen LogP contribution in [0.2, 0.25) is 0 Å². The second-order valence-electron chi connectivity index (χ2n) is 5.33. The minimum atomic E-state index is 0.305. The summed E-state index contributed by atoms with van der Waals surface area (Å²) >= 11 is 1.84. The van der Waals surface area contributed by atoms with Gasteiger partial charge in [0.2, 0.25) is 0 Å². The van der Waals surface area contributed by atoms with Gasteiger partial charge in [0.15, 0.2) is 0 Å². The molecule has 0 radical (unpaired) electrons. The van der Waals surface area contributed by atoms with E-state index in [1.165, 1.54) is 20.9 Å². The average molecular weight is 303 g/mol. The van der Waals surface area contributed by atoms with Crippen LogP contribution in [0.5, 0.6) is 5.75 Å². The zero-order chi connectivity index (χ0) is 15.2. The number of rotatable bonds is 7. The largest absolute Gasteiger partial charge is 0.488 e. The van der Waals surface area contributed by atoms with E-state index in [0.717, 1.165) is 18.7 Å². The van der Waals surface area contributed by atoms with Crippen molar-refractivity contribution in [2.75, 3.05) is 6.54 Å². The van der Waals surface area contributed by atoms with Crippen molar-refractivity contribution in [2.24, 2.45) is 0 Å². The van der Waals surface area contributed by atoms with Gasteiger partial charge in [0.25, 0.3) is 0 Å². The Labute approximate surface area is 132 Å². The first-order valence-corrected chi connectivity index (χ1v) is 8.50. The van der Waals surface area contributed by atoms with Crippen molar-refractivity contribution in [3.63, 3.8) is 0 Å². The first kappa shape index (κ1) is 16.1. The molecule has 21 heavy (non-hydrogen) atoms. The van der Waals surface area contributed by atoms with E-state index in [2.05, 4.69) is 63.3 Å². The molecule has 2 rings (SSSR count). The highest BCUT2D eigenvalue weighted by molar-refractivity contribution is 7.11. The fraction of sp³-hybridized carbons (Fsp3) is 0.444. The minimum Gasteiger partial charge on any atom is -0.488 e. The van der Waals surface area contributed by atoms with Crippen LogP contribution >= 0.6 is 11.3 Å². The standard InChI is InChI=1S/C18H25NOS/c1-5-15-8-9-16(21-15)12-20-18-10-7-13(3)11-17(18)14(4)19-6-2/h7-11,14,19H,5-6,12H2,1-4H3. The zero-order valence-corrected chi connectivity index (χ0v) is 14.2. The van der Waals surface area contributed by atoms with E-state index in [1.807, 2.05) is 11.3 Å². The highest BCUT2D eigenvalue weighted by Crippen LogP contribution is 2.28. The van der Waals surface area contributed by atoms with Crippen LogP contribution in [-0.2, 0) is 13.0 Å². The van der Waals surface area contributed by atoms with Gasteiger partial charge in [0, 0.05) is 21.4 Å². The molecule has 1 aromatic heterocycles. The fourth-order valence-electron chi connectivity index (χ4n) is 2.39. The SMILES string of the molecule is CCNC(C)c1cc(C)ccc1OCc1ccc(CC)s1. The Balaban J connectivity index is 2.11. The predicted octanol–water partition coefficient (Wildman–Crippen LogP) is 4.87. The summed E-state index contributed by atoms with van der Waals surface area (Å²) in [5, 5.41) is 3.46. The third-order valence-electron chi connectivity index (χ3n) is 3.58. The Kier molecular flexibility index (Phi) is 5.83. The van der Waals surface area contributed by atoms with E-state index in [1.54, 1.807) is 0 Å². The van der Waals surface area contributed by atoms with E-state index in [4.69, 9.17) is 4.74 Å². The highest BCUT2D eigenvalue weighted by atomic mass is 32.1. The molecule has 0 bridgehead atoms. The smallest absolute Gasteiger partial charge is 0.124 e. The molecule has 1 aromatic carbocycles. The molecule has 0 saturated heterocycles. The van der Waals surface area contributed by atoms with Gasteiger partial charge in [0.05, 0.1) is 0 Å². The lowest BCUT2D eigenvalue weighted by atomic mass is 10.0. The Hall–Kier alpha value is -1.32. The van der Waals surface area contributed by atoms with E-state index in [0.29, 0.717) is 12.6 Å². The van der Waals surface area contributed by atoms with E-state index in [-0.39, 0.29) is 0 Å². The average Bonchev–Trinajstić information content (AvgIpc) is 2.94. The second-order valence-corrected chi connectivity index (χ2v) is 6.58.